The van der Waals surface area contributed by atoms with Crippen LogP contribution in [0.5, 0.6) is 5.75 Å². The SMILES string of the molecule is CC(C)(CCOCCOc1ccccc1)C(N)=S. The molecule has 4 heteroatoms. The van der Waals surface area contributed by atoms with Crippen LogP contribution in [0.25, 0.3) is 0 Å². The fraction of sp³-hybridized carbons (Fsp3) is 0.500. The lowest BCUT2D eigenvalue weighted by Gasteiger charge is -2.22. The molecular weight excluding hydrogens is 246 g/mol. The standard InChI is InChI=1S/C14H21NO2S/c1-14(2,13(15)18)8-9-16-10-11-17-12-6-4-3-5-7-12/h3-7H,8-11H2,1-2H3,(H2,15,18). The van der Waals surface area contributed by atoms with E-state index < -0.39 is 0 Å². The highest BCUT2D eigenvalue weighted by Gasteiger charge is 2.20. The molecule has 1 rings (SSSR count). The highest BCUT2D eigenvalue weighted by Crippen LogP contribution is 2.20. The first-order valence-electron chi connectivity index (χ1n) is 6.08. The Morgan fingerprint density at radius 3 is 2.44 bits per heavy atom. The van der Waals surface area contributed by atoms with Gasteiger partial charge in [0.25, 0.3) is 0 Å². The van der Waals surface area contributed by atoms with Crippen LogP contribution in [0.3, 0.4) is 0 Å². The molecule has 100 valence electrons. The summed E-state index contributed by atoms with van der Waals surface area (Å²) in [5.41, 5.74) is 5.50. The molecule has 0 fully saturated rings. The van der Waals surface area contributed by atoms with Crippen LogP contribution >= 0.6 is 12.2 Å². The Bertz CT molecular complexity index is 365. The molecule has 1 aromatic carbocycles. The minimum atomic E-state index is -0.143. The van der Waals surface area contributed by atoms with Gasteiger partial charge in [-0.25, -0.2) is 0 Å². The molecule has 0 saturated heterocycles. The molecular formula is C14H21NO2S. The van der Waals surface area contributed by atoms with Gasteiger partial charge in [0.15, 0.2) is 0 Å². The first kappa shape index (κ1) is 14.9. The molecule has 0 amide bonds. The molecule has 0 bridgehead atoms. The van der Waals surface area contributed by atoms with Crippen molar-refractivity contribution in [3.63, 3.8) is 0 Å². The molecule has 0 spiro atoms. The van der Waals surface area contributed by atoms with Crippen molar-refractivity contribution in [2.75, 3.05) is 19.8 Å². The van der Waals surface area contributed by atoms with Crippen molar-refractivity contribution < 1.29 is 9.47 Å². The summed E-state index contributed by atoms with van der Waals surface area (Å²) in [6.07, 6.45) is 0.827. The number of hydrogen-bond donors (Lipinski definition) is 1. The molecule has 0 aliphatic carbocycles. The summed E-state index contributed by atoms with van der Waals surface area (Å²) >= 11 is 4.99. The van der Waals surface area contributed by atoms with E-state index in [2.05, 4.69) is 0 Å². The number of hydrogen-bond acceptors (Lipinski definition) is 3. The van der Waals surface area contributed by atoms with Crippen molar-refractivity contribution in [3.05, 3.63) is 30.3 Å². The summed E-state index contributed by atoms with van der Waals surface area (Å²) in [6, 6.07) is 9.70. The second-order valence-electron chi connectivity index (χ2n) is 4.77. The van der Waals surface area contributed by atoms with Crippen LogP contribution in [-0.2, 0) is 4.74 Å². The first-order chi connectivity index (χ1) is 8.52. The summed E-state index contributed by atoms with van der Waals surface area (Å²) < 4.78 is 11.0. The fourth-order valence-corrected chi connectivity index (χ4v) is 1.39. The predicted octanol–water partition coefficient (Wildman–Crippen LogP) is 2.78. The third kappa shape index (κ3) is 5.47. The summed E-state index contributed by atoms with van der Waals surface area (Å²) in [7, 11) is 0. The zero-order valence-electron chi connectivity index (χ0n) is 11.0. The molecule has 0 heterocycles. The largest absolute Gasteiger partial charge is 0.491 e. The number of benzene rings is 1. The van der Waals surface area contributed by atoms with Crippen LogP contribution in [0.2, 0.25) is 0 Å². The van der Waals surface area contributed by atoms with Crippen molar-refractivity contribution in [1.29, 1.82) is 0 Å². The molecule has 0 aromatic heterocycles. The average Bonchev–Trinajstić information content (AvgIpc) is 2.34. The molecule has 0 atom stereocenters. The Morgan fingerprint density at radius 1 is 1.17 bits per heavy atom. The molecule has 0 aliphatic heterocycles. The van der Waals surface area contributed by atoms with Crippen molar-refractivity contribution in [2.24, 2.45) is 11.1 Å². The summed E-state index contributed by atoms with van der Waals surface area (Å²) in [5.74, 6) is 0.865. The zero-order valence-corrected chi connectivity index (χ0v) is 11.8. The third-order valence-corrected chi connectivity index (χ3v) is 3.33. The lowest BCUT2D eigenvalue weighted by Crippen LogP contribution is -2.31. The third-order valence-electron chi connectivity index (χ3n) is 2.78. The van der Waals surface area contributed by atoms with E-state index >= 15 is 0 Å². The van der Waals surface area contributed by atoms with Crippen molar-refractivity contribution in [3.8, 4) is 5.75 Å². The van der Waals surface area contributed by atoms with Crippen LogP contribution in [0.1, 0.15) is 20.3 Å². The summed E-state index contributed by atoms with van der Waals surface area (Å²) in [6.45, 7) is 5.82. The Kier molecular flexibility index (Phi) is 6.09. The van der Waals surface area contributed by atoms with Gasteiger partial charge < -0.3 is 15.2 Å². The number of ether oxygens (including phenoxy) is 2. The van der Waals surface area contributed by atoms with Gasteiger partial charge >= 0.3 is 0 Å². The van der Waals surface area contributed by atoms with E-state index in [4.69, 9.17) is 27.4 Å². The van der Waals surface area contributed by atoms with Gasteiger partial charge in [-0.1, -0.05) is 44.3 Å². The summed E-state index contributed by atoms with van der Waals surface area (Å²) in [4.78, 5) is 0.534. The number of rotatable bonds is 8. The van der Waals surface area contributed by atoms with E-state index in [0.717, 1.165) is 12.2 Å². The second-order valence-corrected chi connectivity index (χ2v) is 5.21. The minimum absolute atomic E-state index is 0.143. The van der Waals surface area contributed by atoms with Crippen LogP contribution in [0.15, 0.2) is 30.3 Å². The number of nitrogens with two attached hydrogens (primary N) is 1. The second kappa shape index (κ2) is 7.34. The molecule has 2 N–H and O–H groups in total. The first-order valence-corrected chi connectivity index (χ1v) is 6.49. The van der Waals surface area contributed by atoms with E-state index in [9.17, 15) is 0 Å². The zero-order chi connectivity index (χ0) is 13.4. The smallest absolute Gasteiger partial charge is 0.119 e. The van der Waals surface area contributed by atoms with Crippen molar-refractivity contribution >= 4 is 17.2 Å². The van der Waals surface area contributed by atoms with Gasteiger partial charge in [-0.3, -0.25) is 0 Å². The molecule has 0 saturated carbocycles. The lowest BCUT2D eigenvalue weighted by molar-refractivity contribution is 0.0879. The minimum Gasteiger partial charge on any atom is -0.491 e. The van der Waals surface area contributed by atoms with Gasteiger partial charge in [0, 0.05) is 12.0 Å². The highest BCUT2D eigenvalue weighted by atomic mass is 32.1. The molecule has 0 aliphatic rings. The van der Waals surface area contributed by atoms with Gasteiger partial charge in [-0.15, -0.1) is 0 Å². The molecule has 0 unspecified atom stereocenters. The van der Waals surface area contributed by atoms with Crippen LogP contribution in [0, 0.1) is 5.41 Å². The average molecular weight is 267 g/mol. The maximum atomic E-state index is 5.64. The molecule has 1 aromatic rings. The van der Waals surface area contributed by atoms with E-state index in [1.54, 1.807) is 0 Å². The van der Waals surface area contributed by atoms with Gasteiger partial charge in [0.2, 0.25) is 0 Å². The Hall–Kier alpha value is -1.13. The van der Waals surface area contributed by atoms with Gasteiger partial charge in [-0.2, -0.15) is 0 Å². The molecule has 3 nitrogen and oxygen atoms in total. The van der Waals surface area contributed by atoms with E-state index in [-0.39, 0.29) is 5.41 Å². The monoisotopic (exact) mass is 267 g/mol. The Morgan fingerprint density at radius 2 is 1.83 bits per heavy atom. The predicted molar refractivity (Wildman–Crippen MR) is 77.9 cm³/mol. The van der Waals surface area contributed by atoms with E-state index in [1.807, 2.05) is 44.2 Å². The number of thiocarbonyl (C=S) groups is 1. The molecule has 0 radical (unpaired) electrons. The fourth-order valence-electron chi connectivity index (χ4n) is 1.29. The van der Waals surface area contributed by atoms with Gasteiger partial charge in [0.1, 0.15) is 12.4 Å². The molecule has 18 heavy (non-hydrogen) atoms. The maximum absolute atomic E-state index is 5.64. The van der Waals surface area contributed by atoms with Crippen molar-refractivity contribution in [1.82, 2.24) is 0 Å². The topological polar surface area (TPSA) is 44.5 Å². The normalized spacial score (nSPS) is 11.2. The highest BCUT2D eigenvalue weighted by molar-refractivity contribution is 7.80. The van der Waals surface area contributed by atoms with E-state index in [0.29, 0.717) is 24.8 Å². The lowest BCUT2D eigenvalue weighted by atomic mass is 9.90. The van der Waals surface area contributed by atoms with Crippen LogP contribution in [0.4, 0.5) is 0 Å². The van der Waals surface area contributed by atoms with Gasteiger partial charge in [-0.05, 0) is 18.6 Å². The maximum Gasteiger partial charge on any atom is 0.119 e. The quantitative estimate of drug-likeness (QED) is 0.581. The van der Waals surface area contributed by atoms with Crippen molar-refractivity contribution in [2.45, 2.75) is 20.3 Å². The summed E-state index contributed by atoms with van der Waals surface area (Å²) in [5, 5.41) is 0. The van der Waals surface area contributed by atoms with Crippen LogP contribution < -0.4 is 10.5 Å². The Labute approximate surface area is 114 Å². The number of para-hydroxylation sites is 1. The Balaban J connectivity index is 2.08. The van der Waals surface area contributed by atoms with E-state index in [1.165, 1.54) is 0 Å². The van der Waals surface area contributed by atoms with Gasteiger partial charge in [0.05, 0.1) is 11.6 Å². The van der Waals surface area contributed by atoms with Crippen LogP contribution in [-0.4, -0.2) is 24.8 Å².